The average molecular weight is 498 g/mol. The van der Waals surface area contributed by atoms with Crippen LogP contribution in [0.3, 0.4) is 0 Å². The molecule has 1 atom stereocenters. The standard InChI is InChI=1S/C22H16Cl4N2O3/c1-12(21(29)27-16-6-4-14(23)5-7-16)31-17-8-2-13(3-9-17)22(30)28-20-18(25)10-15(24)11-19(20)26/h2-12H,1H3,(H,27,29)(H,28,30). The molecule has 0 aliphatic heterocycles. The van der Waals surface area contributed by atoms with Gasteiger partial charge in [-0.2, -0.15) is 0 Å². The van der Waals surface area contributed by atoms with Gasteiger partial charge in [0.25, 0.3) is 11.8 Å². The summed E-state index contributed by atoms with van der Waals surface area (Å²) in [5.74, 6) is -0.305. The number of halogens is 4. The van der Waals surface area contributed by atoms with Crippen molar-refractivity contribution in [3.05, 3.63) is 86.3 Å². The summed E-state index contributed by atoms with van der Waals surface area (Å²) in [5, 5.41) is 6.79. The van der Waals surface area contributed by atoms with Crippen LogP contribution >= 0.6 is 46.4 Å². The minimum atomic E-state index is -0.762. The van der Waals surface area contributed by atoms with E-state index in [-0.39, 0.29) is 21.6 Å². The number of hydrogen-bond donors (Lipinski definition) is 2. The molecule has 1 unspecified atom stereocenters. The Morgan fingerprint density at radius 2 is 1.39 bits per heavy atom. The van der Waals surface area contributed by atoms with E-state index in [1.807, 2.05) is 0 Å². The molecule has 160 valence electrons. The van der Waals surface area contributed by atoms with Crippen LogP contribution in [0.15, 0.2) is 60.7 Å². The highest BCUT2D eigenvalue weighted by molar-refractivity contribution is 6.42. The fourth-order valence-corrected chi connectivity index (χ4v) is 3.60. The summed E-state index contributed by atoms with van der Waals surface area (Å²) >= 11 is 23.9. The summed E-state index contributed by atoms with van der Waals surface area (Å²) in [7, 11) is 0. The number of amides is 2. The Bertz CT molecular complexity index is 1080. The van der Waals surface area contributed by atoms with Crippen molar-refractivity contribution >= 4 is 69.6 Å². The molecule has 0 aromatic heterocycles. The predicted molar refractivity (Wildman–Crippen MR) is 126 cm³/mol. The molecule has 3 aromatic rings. The number of hydrogen-bond acceptors (Lipinski definition) is 3. The summed E-state index contributed by atoms with van der Waals surface area (Å²) in [6.45, 7) is 1.62. The minimum absolute atomic E-state index is 0.228. The first-order chi connectivity index (χ1) is 14.7. The molecular weight excluding hydrogens is 482 g/mol. The highest BCUT2D eigenvalue weighted by atomic mass is 35.5. The Morgan fingerprint density at radius 1 is 0.806 bits per heavy atom. The minimum Gasteiger partial charge on any atom is -0.481 e. The first-order valence-corrected chi connectivity index (χ1v) is 10.5. The molecule has 5 nitrogen and oxygen atoms in total. The molecule has 31 heavy (non-hydrogen) atoms. The summed E-state index contributed by atoms with van der Waals surface area (Å²) < 4.78 is 5.65. The lowest BCUT2D eigenvalue weighted by Gasteiger charge is -2.15. The molecule has 0 aliphatic rings. The van der Waals surface area contributed by atoms with Gasteiger partial charge in [0.2, 0.25) is 0 Å². The number of carbonyl (C=O) groups is 2. The summed E-state index contributed by atoms with van der Waals surface area (Å²) in [4.78, 5) is 24.8. The lowest BCUT2D eigenvalue weighted by atomic mass is 10.2. The molecule has 3 aromatic carbocycles. The molecule has 3 rings (SSSR count). The van der Waals surface area contributed by atoms with Gasteiger partial charge in [-0.25, -0.2) is 0 Å². The second-order valence-electron chi connectivity index (χ2n) is 6.48. The van der Waals surface area contributed by atoms with Gasteiger partial charge in [-0.05, 0) is 67.6 Å². The Morgan fingerprint density at radius 3 is 1.97 bits per heavy atom. The number of ether oxygens (including phenoxy) is 1. The van der Waals surface area contributed by atoms with Gasteiger partial charge in [-0.15, -0.1) is 0 Å². The van der Waals surface area contributed by atoms with Crippen molar-refractivity contribution in [1.29, 1.82) is 0 Å². The van der Waals surface area contributed by atoms with E-state index in [0.717, 1.165) is 0 Å². The Hall–Kier alpha value is -2.44. The van der Waals surface area contributed by atoms with E-state index < -0.39 is 12.0 Å². The van der Waals surface area contributed by atoms with Crippen LogP contribution in [0.4, 0.5) is 11.4 Å². The fourth-order valence-electron chi connectivity index (χ4n) is 2.57. The lowest BCUT2D eigenvalue weighted by molar-refractivity contribution is -0.122. The molecule has 0 heterocycles. The van der Waals surface area contributed by atoms with Gasteiger partial charge in [0.15, 0.2) is 6.10 Å². The smallest absolute Gasteiger partial charge is 0.265 e. The molecule has 0 fully saturated rings. The average Bonchev–Trinajstić information content (AvgIpc) is 2.72. The normalized spacial score (nSPS) is 11.5. The van der Waals surface area contributed by atoms with E-state index in [9.17, 15) is 9.59 Å². The van der Waals surface area contributed by atoms with Crippen LogP contribution in [0.5, 0.6) is 5.75 Å². The summed E-state index contributed by atoms with van der Waals surface area (Å²) in [6.07, 6.45) is -0.762. The zero-order valence-electron chi connectivity index (χ0n) is 16.1. The van der Waals surface area contributed by atoms with Gasteiger partial charge in [-0.1, -0.05) is 46.4 Å². The van der Waals surface area contributed by atoms with Gasteiger partial charge in [-0.3, -0.25) is 9.59 Å². The summed E-state index contributed by atoms with van der Waals surface area (Å²) in [5.41, 5.74) is 1.23. The van der Waals surface area contributed by atoms with Crippen molar-refractivity contribution in [2.75, 3.05) is 10.6 Å². The van der Waals surface area contributed by atoms with Crippen LogP contribution in [0.1, 0.15) is 17.3 Å². The third kappa shape index (κ3) is 6.28. The maximum Gasteiger partial charge on any atom is 0.265 e. The number of rotatable bonds is 6. The van der Waals surface area contributed by atoms with E-state index in [0.29, 0.717) is 27.0 Å². The van der Waals surface area contributed by atoms with Crippen molar-refractivity contribution < 1.29 is 14.3 Å². The molecule has 0 spiro atoms. The van der Waals surface area contributed by atoms with Crippen LogP contribution in [0.2, 0.25) is 20.1 Å². The van der Waals surface area contributed by atoms with Gasteiger partial charge in [0.05, 0.1) is 15.7 Å². The molecule has 0 bridgehead atoms. The summed E-state index contributed by atoms with van der Waals surface area (Å²) in [6, 6.07) is 16.0. The van der Waals surface area contributed by atoms with Crippen molar-refractivity contribution in [2.45, 2.75) is 13.0 Å². The highest BCUT2D eigenvalue weighted by Crippen LogP contribution is 2.34. The molecule has 0 radical (unpaired) electrons. The van der Waals surface area contributed by atoms with Crippen LogP contribution in [-0.4, -0.2) is 17.9 Å². The Kier molecular flexibility index (Phi) is 7.68. The molecule has 0 saturated carbocycles. The molecule has 2 N–H and O–H groups in total. The molecule has 0 saturated heterocycles. The molecule has 9 heteroatoms. The second-order valence-corrected chi connectivity index (χ2v) is 8.17. The maximum absolute atomic E-state index is 12.5. The largest absolute Gasteiger partial charge is 0.481 e. The number of anilines is 2. The van der Waals surface area contributed by atoms with Crippen molar-refractivity contribution in [3.63, 3.8) is 0 Å². The zero-order chi connectivity index (χ0) is 22.5. The third-order valence-electron chi connectivity index (χ3n) is 4.16. The number of carbonyl (C=O) groups excluding carboxylic acids is 2. The van der Waals surface area contributed by atoms with E-state index in [4.69, 9.17) is 51.1 Å². The molecule has 2 amide bonds. The zero-order valence-corrected chi connectivity index (χ0v) is 19.1. The monoisotopic (exact) mass is 496 g/mol. The molecule has 0 aliphatic carbocycles. The quantitative estimate of drug-likeness (QED) is 0.386. The van der Waals surface area contributed by atoms with E-state index in [1.165, 1.54) is 12.1 Å². The third-order valence-corrected chi connectivity index (χ3v) is 5.22. The number of nitrogens with one attached hydrogen (secondary N) is 2. The van der Waals surface area contributed by atoms with E-state index in [2.05, 4.69) is 10.6 Å². The van der Waals surface area contributed by atoms with Gasteiger partial charge in [0.1, 0.15) is 5.75 Å². The lowest BCUT2D eigenvalue weighted by Crippen LogP contribution is -2.30. The van der Waals surface area contributed by atoms with Crippen molar-refractivity contribution in [3.8, 4) is 5.75 Å². The highest BCUT2D eigenvalue weighted by Gasteiger charge is 2.16. The van der Waals surface area contributed by atoms with Crippen LogP contribution in [0.25, 0.3) is 0 Å². The Labute approximate surface area is 199 Å². The van der Waals surface area contributed by atoms with Gasteiger partial charge < -0.3 is 15.4 Å². The van der Waals surface area contributed by atoms with Crippen molar-refractivity contribution in [1.82, 2.24) is 0 Å². The van der Waals surface area contributed by atoms with Gasteiger partial charge >= 0.3 is 0 Å². The Balaban J connectivity index is 1.61. The number of benzene rings is 3. The van der Waals surface area contributed by atoms with E-state index >= 15 is 0 Å². The fraction of sp³-hybridized carbons (Fsp3) is 0.0909. The second kappa shape index (κ2) is 10.2. The van der Waals surface area contributed by atoms with Crippen molar-refractivity contribution in [2.24, 2.45) is 0 Å². The topological polar surface area (TPSA) is 67.4 Å². The van der Waals surface area contributed by atoms with Crippen LogP contribution in [0, 0.1) is 0 Å². The predicted octanol–water partition coefficient (Wildman–Crippen LogP) is 6.96. The SMILES string of the molecule is CC(Oc1ccc(C(=O)Nc2c(Cl)cc(Cl)cc2Cl)cc1)C(=O)Nc1ccc(Cl)cc1. The van der Waals surface area contributed by atoms with Gasteiger partial charge in [0, 0.05) is 21.3 Å². The van der Waals surface area contributed by atoms with Crippen LogP contribution < -0.4 is 15.4 Å². The first kappa shape index (κ1) is 23.2. The van der Waals surface area contributed by atoms with Crippen LogP contribution in [-0.2, 0) is 4.79 Å². The first-order valence-electron chi connectivity index (χ1n) is 9.02. The maximum atomic E-state index is 12.5. The van der Waals surface area contributed by atoms with E-state index in [1.54, 1.807) is 55.5 Å². The molecular formula is C22H16Cl4N2O3.